The predicted octanol–water partition coefficient (Wildman–Crippen LogP) is 5.09. The fraction of sp³-hybridized carbons (Fsp3) is 0.481. The first-order chi connectivity index (χ1) is 16.0. The van der Waals surface area contributed by atoms with Crippen LogP contribution in [0.2, 0.25) is 0 Å². The van der Waals surface area contributed by atoms with Gasteiger partial charge in [0.15, 0.2) is 11.5 Å². The molecule has 3 aliphatic rings. The zero-order valence-corrected chi connectivity index (χ0v) is 19.4. The molecule has 2 saturated carbocycles. The predicted molar refractivity (Wildman–Crippen MR) is 127 cm³/mol. The van der Waals surface area contributed by atoms with Crippen LogP contribution in [-0.2, 0) is 10.3 Å². The second kappa shape index (κ2) is 8.47. The lowest BCUT2D eigenvalue weighted by Crippen LogP contribution is -2.47. The number of benzene rings is 2. The third kappa shape index (κ3) is 3.51. The quantitative estimate of drug-likeness (QED) is 0.707. The van der Waals surface area contributed by atoms with E-state index in [4.69, 9.17) is 15.5 Å². The zero-order valence-electron chi connectivity index (χ0n) is 19.4. The van der Waals surface area contributed by atoms with Gasteiger partial charge in [0, 0.05) is 18.2 Å². The second-order valence-electron chi connectivity index (χ2n) is 9.82. The number of carbonyl (C=O) groups is 1. The van der Waals surface area contributed by atoms with Gasteiger partial charge in [-0.3, -0.25) is 9.69 Å². The smallest absolute Gasteiger partial charge is 0.262 e. The van der Waals surface area contributed by atoms with Gasteiger partial charge in [-0.1, -0.05) is 56.0 Å². The van der Waals surface area contributed by atoms with Crippen LogP contribution in [0.4, 0.5) is 4.39 Å². The Balaban J connectivity index is 1.68. The van der Waals surface area contributed by atoms with Crippen molar-refractivity contribution in [3.05, 3.63) is 53.8 Å². The van der Waals surface area contributed by atoms with E-state index < -0.39 is 11.4 Å². The Kier molecular flexibility index (Phi) is 5.63. The van der Waals surface area contributed by atoms with E-state index in [0.29, 0.717) is 23.1 Å². The summed E-state index contributed by atoms with van der Waals surface area (Å²) in [6.45, 7) is 0. The van der Waals surface area contributed by atoms with Crippen molar-refractivity contribution >= 4 is 11.9 Å². The van der Waals surface area contributed by atoms with Gasteiger partial charge in [-0.2, -0.15) is 0 Å². The number of rotatable bonds is 4. The topological polar surface area (TPSA) is 67.9 Å². The molecule has 0 radical (unpaired) electrons. The normalized spacial score (nSPS) is 29.5. The third-order valence-corrected chi connectivity index (χ3v) is 8.17. The molecule has 2 aromatic rings. The Hall–Kier alpha value is -2.89. The van der Waals surface area contributed by atoms with Crippen molar-refractivity contribution in [2.24, 2.45) is 28.5 Å². The molecule has 2 aromatic carbocycles. The zero-order chi connectivity index (χ0) is 23.2. The Morgan fingerprint density at radius 3 is 2.48 bits per heavy atom. The fourth-order valence-electron chi connectivity index (χ4n) is 6.40. The number of amides is 1. The summed E-state index contributed by atoms with van der Waals surface area (Å²) >= 11 is 0. The Morgan fingerprint density at radius 2 is 1.82 bits per heavy atom. The molecule has 1 aliphatic heterocycles. The highest BCUT2D eigenvalue weighted by Crippen LogP contribution is 2.53. The maximum absolute atomic E-state index is 16.4. The van der Waals surface area contributed by atoms with Crippen LogP contribution in [0.3, 0.4) is 0 Å². The molecule has 1 heterocycles. The molecule has 2 aliphatic carbocycles. The maximum atomic E-state index is 16.4. The van der Waals surface area contributed by atoms with Gasteiger partial charge in [0.2, 0.25) is 0 Å². The van der Waals surface area contributed by atoms with E-state index in [1.165, 1.54) is 30.6 Å². The van der Waals surface area contributed by atoms with E-state index in [1.807, 2.05) is 30.3 Å². The third-order valence-electron chi connectivity index (χ3n) is 8.17. The average Bonchev–Trinajstić information content (AvgIpc) is 3.09. The van der Waals surface area contributed by atoms with Crippen LogP contribution in [0.1, 0.15) is 50.5 Å². The minimum Gasteiger partial charge on any atom is -0.497 e. The molecule has 0 aromatic heterocycles. The first-order valence-corrected chi connectivity index (χ1v) is 12.0. The largest absolute Gasteiger partial charge is 0.497 e. The standard InChI is InChI=1S/C27H32FN3O2/c1-31-25(32)27(30-26(31)29,20-13-12-17-8-6-7-11-19(17)14-20)23-16-21(33-2)15-22(24(23)28)18-9-4-3-5-10-18/h3-5,9-10,15-17,19-20H,6-8,11-14H2,1-2H3,(H2,29,30). The molecule has 4 unspecified atom stereocenters. The van der Waals surface area contributed by atoms with Gasteiger partial charge < -0.3 is 10.5 Å². The summed E-state index contributed by atoms with van der Waals surface area (Å²) in [5.74, 6) is 1.15. The highest BCUT2D eigenvalue weighted by Gasteiger charge is 2.56. The van der Waals surface area contributed by atoms with Gasteiger partial charge in [-0.15, -0.1) is 0 Å². The summed E-state index contributed by atoms with van der Waals surface area (Å²) in [5, 5.41) is 0. The number of aliphatic imine (C=N–C) groups is 1. The van der Waals surface area contributed by atoms with Crippen molar-refractivity contribution in [3.8, 4) is 16.9 Å². The number of hydrogen-bond donors (Lipinski definition) is 1. The van der Waals surface area contributed by atoms with E-state index >= 15 is 4.39 Å². The number of halogens is 1. The number of guanidine groups is 1. The molecule has 5 rings (SSSR count). The van der Waals surface area contributed by atoms with Crippen molar-refractivity contribution in [3.63, 3.8) is 0 Å². The average molecular weight is 450 g/mol. The lowest BCUT2D eigenvalue weighted by atomic mass is 9.61. The molecule has 174 valence electrons. The van der Waals surface area contributed by atoms with E-state index in [1.54, 1.807) is 26.3 Å². The van der Waals surface area contributed by atoms with Crippen molar-refractivity contribution < 1.29 is 13.9 Å². The molecule has 1 amide bonds. The maximum Gasteiger partial charge on any atom is 0.262 e. The van der Waals surface area contributed by atoms with Crippen LogP contribution in [0.15, 0.2) is 47.5 Å². The van der Waals surface area contributed by atoms with Crippen molar-refractivity contribution in [2.45, 2.75) is 50.5 Å². The van der Waals surface area contributed by atoms with Crippen LogP contribution in [-0.4, -0.2) is 30.9 Å². The molecule has 0 spiro atoms. The lowest BCUT2D eigenvalue weighted by Gasteiger charge is -2.44. The molecule has 4 atom stereocenters. The highest BCUT2D eigenvalue weighted by atomic mass is 19.1. The van der Waals surface area contributed by atoms with Gasteiger partial charge >= 0.3 is 0 Å². The van der Waals surface area contributed by atoms with Gasteiger partial charge in [0.1, 0.15) is 11.6 Å². The highest BCUT2D eigenvalue weighted by molar-refractivity contribution is 6.07. The van der Waals surface area contributed by atoms with E-state index in [-0.39, 0.29) is 23.3 Å². The van der Waals surface area contributed by atoms with Gasteiger partial charge in [0.25, 0.3) is 5.91 Å². The molecule has 2 N–H and O–H groups in total. The number of fused-ring (bicyclic) bond motifs is 1. The van der Waals surface area contributed by atoms with Gasteiger partial charge in [-0.05, 0) is 54.7 Å². The van der Waals surface area contributed by atoms with Crippen LogP contribution >= 0.6 is 0 Å². The van der Waals surface area contributed by atoms with Crippen molar-refractivity contribution in [2.75, 3.05) is 14.2 Å². The molecule has 0 saturated heterocycles. The van der Waals surface area contributed by atoms with Crippen LogP contribution < -0.4 is 10.5 Å². The Bertz CT molecular complexity index is 1090. The summed E-state index contributed by atoms with van der Waals surface area (Å²) in [5.41, 5.74) is 6.25. The van der Waals surface area contributed by atoms with Crippen LogP contribution in [0.25, 0.3) is 11.1 Å². The molecule has 6 heteroatoms. The number of hydrogen-bond acceptors (Lipinski definition) is 4. The van der Waals surface area contributed by atoms with Gasteiger partial charge in [0.05, 0.1) is 7.11 Å². The van der Waals surface area contributed by atoms with Crippen LogP contribution in [0.5, 0.6) is 5.75 Å². The number of likely N-dealkylation sites (N-methyl/N-ethyl adjacent to an activating group) is 1. The van der Waals surface area contributed by atoms with E-state index in [2.05, 4.69) is 0 Å². The van der Waals surface area contributed by atoms with Crippen molar-refractivity contribution in [1.82, 2.24) is 4.90 Å². The number of nitrogens with zero attached hydrogens (tertiary/aromatic N) is 2. The molecule has 0 bridgehead atoms. The van der Waals surface area contributed by atoms with E-state index in [9.17, 15) is 4.79 Å². The Labute approximate surface area is 194 Å². The summed E-state index contributed by atoms with van der Waals surface area (Å²) in [6, 6.07) is 12.7. The van der Waals surface area contributed by atoms with Crippen molar-refractivity contribution in [1.29, 1.82) is 0 Å². The minimum atomic E-state index is -1.36. The molecular weight excluding hydrogens is 417 g/mol. The van der Waals surface area contributed by atoms with Crippen LogP contribution in [0, 0.1) is 23.6 Å². The molecule has 2 fully saturated rings. The number of carbonyl (C=O) groups excluding carboxylic acids is 1. The lowest BCUT2D eigenvalue weighted by molar-refractivity contribution is -0.134. The Morgan fingerprint density at radius 1 is 1.09 bits per heavy atom. The monoisotopic (exact) mass is 449 g/mol. The SMILES string of the molecule is COc1cc(-c2ccccc2)c(F)c(C2(C3CCC4CCCCC4C3)N=C(N)N(C)C2=O)c1. The first kappa shape index (κ1) is 21.9. The summed E-state index contributed by atoms with van der Waals surface area (Å²) in [7, 11) is 3.19. The van der Waals surface area contributed by atoms with Gasteiger partial charge in [-0.25, -0.2) is 9.38 Å². The number of methoxy groups -OCH3 is 1. The number of ether oxygens (including phenoxy) is 1. The molecule has 5 nitrogen and oxygen atoms in total. The summed E-state index contributed by atoms with van der Waals surface area (Å²) in [6.07, 6.45) is 7.72. The fourth-order valence-corrected chi connectivity index (χ4v) is 6.40. The minimum absolute atomic E-state index is 0.0990. The second-order valence-corrected chi connectivity index (χ2v) is 9.82. The number of nitrogens with two attached hydrogens (primary N) is 1. The molecular formula is C27H32FN3O2. The molecule has 33 heavy (non-hydrogen) atoms. The summed E-state index contributed by atoms with van der Waals surface area (Å²) in [4.78, 5) is 20.0. The first-order valence-electron chi connectivity index (χ1n) is 12.0. The van der Waals surface area contributed by atoms with E-state index in [0.717, 1.165) is 24.8 Å². The summed E-state index contributed by atoms with van der Waals surface area (Å²) < 4.78 is 21.9.